The second kappa shape index (κ2) is 5.95. The summed E-state index contributed by atoms with van der Waals surface area (Å²) in [7, 11) is 0. The molecule has 5 N–H and O–H groups in total. The van der Waals surface area contributed by atoms with Gasteiger partial charge >= 0.3 is 11.8 Å². The summed E-state index contributed by atoms with van der Waals surface area (Å²) in [5.41, 5.74) is 1.68. The molecule has 0 heterocycles. The van der Waals surface area contributed by atoms with Crippen LogP contribution in [0.4, 0.5) is 0 Å². The summed E-state index contributed by atoms with van der Waals surface area (Å²) in [4.78, 5) is 31.6. The second-order valence-corrected chi connectivity index (χ2v) is 2.21. The minimum absolute atomic E-state index is 0.186. The SMILES string of the molecule is CC(=O)NCCNC(=O)C(=O)NN. The van der Waals surface area contributed by atoms with Crippen LogP contribution in [0.2, 0.25) is 0 Å². The van der Waals surface area contributed by atoms with Crippen LogP contribution in [-0.4, -0.2) is 30.8 Å². The van der Waals surface area contributed by atoms with E-state index in [1.54, 1.807) is 5.43 Å². The van der Waals surface area contributed by atoms with Gasteiger partial charge in [0.25, 0.3) is 0 Å². The third-order valence-corrected chi connectivity index (χ3v) is 1.12. The minimum Gasteiger partial charge on any atom is -0.355 e. The van der Waals surface area contributed by atoms with Crippen molar-refractivity contribution >= 4 is 17.7 Å². The van der Waals surface area contributed by atoms with Gasteiger partial charge in [-0.2, -0.15) is 0 Å². The smallest absolute Gasteiger partial charge is 0.323 e. The van der Waals surface area contributed by atoms with Crippen LogP contribution >= 0.6 is 0 Å². The van der Waals surface area contributed by atoms with Crippen molar-refractivity contribution in [3.05, 3.63) is 0 Å². The maximum atomic E-state index is 10.7. The molecule has 0 aromatic carbocycles. The van der Waals surface area contributed by atoms with Crippen LogP contribution in [0.3, 0.4) is 0 Å². The number of hydrazine groups is 1. The molecule has 7 heteroatoms. The third-order valence-electron chi connectivity index (χ3n) is 1.12. The quantitative estimate of drug-likeness (QED) is 0.126. The molecule has 3 amide bonds. The summed E-state index contributed by atoms with van der Waals surface area (Å²) >= 11 is 0. The van der Waals surface area contributed by atoms with Crippen LogP contribution in [0.5, 0.6) is 0 Å². The molecule has 0 aliphatic heterocycles. The van der Waals surface area contributed by atoms with Gasteiger partial charge in [-0.1, -0.05) is 0 Å². The normalized spacial score (nSPS) is 8.77. The zero-order valence-electron chi connectivity index (χ0n) is 7.22. The van der Waals surface area contributed by atoms with Crippen molar-refractivity contribution in [3.63, 3.8) is 0 Å². The lowest BCUT2D eigenvalue weighted by Gasteiger charge is -2.03. The molecule has 0 aromatic rings. The summed E-state index contributed by atoms with van der Waals surface area (Å²) in [6, 6.07) is 0. The molecule has 0 saturated heterocycles. The van der Waals surface area contributed by atoms with Crippen LogP contribution in [0.15, 0.2) is 0 Å². The average Bonchev–Trinajstić information content (AvgIpc) is 2.10. The minimum atomic E-state index is -0.914. The van der Waals surface area contributed by atoms with Gasteiger partial charge in [0.15, 0.2) is 0 Å². The molecule has 0 rings (SSSR count). The molecule has 0 bridgehead atoms. The van der Waals surface area contributed by atoms with E-state index < -0.39 is 11.8 Å². The van der Waals surface area contributed by atoms with Crippen LogP contribution in [0.1, 0.15) is 6.92 Å². The second-order valence-electron chi connectivity index (χ2n) is 2.21. The van der Waals surface area contributed by atoms with Gasteiger partial charge in [-0.25, -0.2) is 5.84 Å². The lowest BCUT2D eigenvalue weighted by Crippen LogP contribution is -2.45. The Balaban J connectivity index is 3.48. The maximum absolute atomic E-state index is 10.7. The molecule has 7 nitrogen and oxygen atoms in total. The van der Waals surface area contributed by atoms with Gasteiger partial charge in [0.1, 0.15) is 0 Å². The first-order valence-electron chi connectivity index (χ1n) is 3.61. The van der Waals surface area contributed by atoms with Crippen molar-refractivity contribution in [2.75, 3.05) is 13.1 Å². The average molecular weight is 188 g/mol. The fourth-order valence-corrected chi connectivity index (χ4v) is 0.560. The molecule has 0 fully saturated rings. The Morgan fingerprint density at radius 2 is 1.62 bits per heavy atom. The van der Waals surface area contributed by atoms with Crippen LogP contribution in [-0.2, 0) is 14.4 Å². The Hall–Kier alpha value is -1.63. The van der Waals surface area contributed by atoms with E-state index >= 15 is 0 Å². The number of hydrogen-bond acceptors (Lipinski definition) is 4. The molecule has 0 aliphatic rings. The van der Waals surface area contributed by atoms with E-state index in [0.717, 1.165) is 0 Å². The number of nitrogens with one attached hydrogen (secondary N) is 3. The van der Waals surface area contributed by atoms with E-state index in [-0.39, 0.29) is 19.0 Å². The molecule has 0 spiro atoms. The van der Waals surface area contributed by atoms with E-state index in [1.165, 1.54) is 6.92 Å². The third kappa shape index (κ3) is 5.62. The highest BCUT2D eigenvalue weighted by Crippen LogP contribution is 1.65. The molecule has 0 radical (unpaired) electrons. The summed E-state index contributed by atoms with van der Waals surface area (Å²) in [6.45, 7) is 1.82. The predicted octanol–water partition coefficient (Wildman–Crippen LogP) is -2.77. The number of hydrogen-bond donors (Lipinski definition) is 4. The van der Waals surface area contributed by atoms with E-state index in [4.69, 9.17) is 5.84 Å². The Kier molecular flexibility index (Phi) is 5.20. The zero-order valence-corrected chi connectivity index (χ0v) is 7.22. The zero-order chi connectivity index (χ0) is 10.3. The van der Waals surface area contributed by atoms with Crippen molar-refractivity contribution < 1.29 is 14.4 Å². The number of nitrogens with two attached hydrogens (primary N) is 1. The predicted molar refractivity (Wildman–Crippen MR) is 44.0 cm³/mol. The van der Waals surface area contributed by atoms with Crippen molar-refractivity contribution in [2.24, 2.45) is 5.84 Å². The Morgan fingerprint density at radius 1 is 1.08 bits per heavy atom. The van der Waals surface area contributed by atoms with Crippen LogP contribution < -0.4 is 21.9 Å². The lowest BCUT2D eigenvalue weighted by atomic mass is 10.5. The highest BCUT2D eigenvalue weighted by molar-refractivity contribution is 6.34. The van der Waals surface area contributed by atoms with Gasteiger partial charge in [0.05, 0.1) is 0 Å². The first kappa shape index (κ1) is 11.4. The van der Waals surface area contributed by atoms with Gasteiger partial charge in [0, 0.05) is 20.0 Å². The largest absolute Gasteiger partial charge is 0.355 e. The first-order chi connectivity index (χ1) is 6.07. The van der Waals surface area contributed by atoms with Gasteiger partial charge in [-0.05, 0) is 0 Å². The van der Waals surface area contributed by atoms with Crippen molar-refractivity contribution in [1.29, 1.82) is 0 Å². The molecular formula is C6H12N4O3. The summed E-state index contributed by atoms with van der Waals surface area (Å²) < 4.78 is 0. The standard InChI is InChI=1S/C6H12N4O3/c1-4(11)8-2-3-9-5(12)6(13)10-7/h2-3,7H2,1H3,(H,8,11)(H,9,12)(H,10,13). The molecular weight excluding hydrogens is 176 g/mol. The lowest BCUT2D eigenvalue weighted by molar-refractivity contribution is -0.139. The molecule has 0 aliphatic carbocycles. The monoisotopic (exact) mass is 188 g/mol. The number of carbonyl (C=O) groups is 3. The highest BCUT2D eigenvalue weighted by atomic mass is 16.2. The van der Waals surface area contributed by atoms with Crippen molar-refractivity contribution in [2.45, 2.75) is 6.92 Å². The molecule has 0 unspecified atom stereocenters. The number of rotatable bonds is 3. The molecule has 0 aromatic heterocycles. The Morgan fingerprint density at radius 3 is 2.08 bits per heavy atom. The maximum Gasteiger partial charge on any atom is 0.323 e. The highest BCUT2D eigenvalue weighted by Gasteiger charge is 2.09. The van der Waals surface area contributed by atoms with Gasteiger partial charge in [-0.3, -0.25) is 19.8 Å². The topological polar surface area (TPSA) is 113 Å². The van der Waals surface area contributed by atoms with Gasteiger partial charge in [-0.15, -0.1) is 0 Å². The van der Waals surface area contributed by atoms with E-state index in [0.29, 0.717) is 0 Å². The number of amides is 3. The van der Waals surface area contributed by atoms with Crippen molar-refractivity contribution in [3.8, 4) is 0 Å². The summed E-state index contributed by atoms with van der Waals surface area (Å²) in [5.74, 6) is 2.76. The van der Waals surface area contributed by atoms with Crippen LogP contribution in [0.25, 0.3) is 0 Å². The molecule has 74 valence electrons. The summed E-state index contributed by atoms with van der Waals surface area (Å²) in [5, 5.41) is 4.68. The van der Waals surface area contributed by atoms with Crippen molar-refractivity contribution in [1.82, 2.24) is 16.1 Å². The Bertz CT molecular complexity index is 216. The number of carbonyl (C=O) groups excluding carboxylic acids is 3. The molecule has 13 heavy (non-hydrogen) atoms. The van der Waals surface area contributed by atoms with Gasteiger partial charge in [0.2, 0.25) is 5.91 Å². The van der Waals surface area contributed by atoms with Crippen LogP contribution in [0, 0.1) is 0 Å². The molecule has 0 saturated carbocycles. The van der Waals surface area contributed by atoms with E-state index in [9.17, 15) is 14.4 Å². The Labute approximate surface area is 75.0 Å². The fraction of sp³-hybridized carbons (Fsp3) is 0.500. The van der Waals surface area contributed by atoms with E-state index in [1.807, 2.05) is 0 Å². The summed E-state index contributed by atoms with van der Waals surface area (Å²) in [6.07, 6.45) is 0. The first-order valence-corrected chi connectivity index (χ1v) is 3.61. The van der Waals surface area contributed by atoms with E-state index in [2.05, 4.69) is 10.6 Å². The fourth-order valence-electron chi connectivity index (χ4n) is 0.560. The molecule has 0 atom stereocenters. The van der Waals surface area contributed by atoms with Gasteiger partial charge < -0.3 is 10.6 Å².